The van der Waals surface area contributed by atoms with Gasteiger partial charge in [0.2, 0.25) is 0 Å². The Balaban J connectivity index is 2.29. The van der Waals surface area contributed by atoms with E-state index in [1.807, 2.05) is 6.07 Å². The minimum absolute atomic E-state index is 0.0244. The molecule has 0 heterocycles. The van der Waals surface area contributed by atoms with E-state index in [0.29, 0.717) is 12.3 Å². The van der Waals surface area contributed by atoms with Gasteiger partial charge in [0.1, 0.15) is 0 Å². The standard InChI is InChI=1S/C16H26N2O3/c1-3-4-5-6-7-8-11-17-13-14-9-10-16(21-2)15(12-14)18(19)20/h9-10,12,17H,3-8,11,13H2,1-2H3. The molecule has 0 aliphatic rings. The van der Waals surface area contributed by atoms with Gasteiger partial charge in [-0.1, -0.05) is 45.1 Å². The predicted molar refractivity (Wildman–Crippen MR) is 84.7 cm³/mol. The highest BCUT2D eigenvalue weighted by molar-refractivity contribution is 5.48. The van der Waals surface area contributed by atoms with Crippen LogP contribution in [0.15, 0.2) is 18.2 Å². The molecule has 5 heteroatoms. The van der Waals surface area contributed by atoms with Crippen LogP contribution in [-0.4, -0.2) is 18.6 Å². The minimum atomic E-state index is -0.407. The molecule has 1 N–H and O–H groups in total. The van der Waals surface area contributed by atoms with Crippen LogP contribution in [0.25, 0.3) is 0 Å². The Morgan fingerprint density at radius 1 is 1.19 bits per heavy atom. The lowest BCUT2D eigenvalue weighted by Crippen LogP contribution is -2.14. The fourth-order valence-corrected chi connectivity index (χ4v) is 2.25. The molecule has 0 amide bonds. The van der Waals surface area contributed by atoms with E-state index >= 15 is 0 Å². The second-order valence-corrected chi connectivity index (χ2v) is 5.21. The van der Waals surface area contributed by atoms with Crippen molar-refractivity contribution in [3.05, 3.63) is 33.9 Å². The van der Waals surface area contributed by atoms with E-state index in [1.165, 1.54) is 39.2 Å². The summed E-state index contributed by atoms with van der Waals surface area (Å²) in [6, 6.07) is 5.09. The average Bonchev–Trinajstić information content (AvgIpc) is 2.49. The van der Waals surface area contributed by atoms with Crippen LogP contribution in [0.3, 0.4) is 0 Å². The first-order valence-electron chi connectivity index (χ1n) is 7.71. The smallest absolute Gasteiger partial charge is 0.311 e. The third-order valence-electron chi connectivity index (χ3n) is 3.48. The summed E-state index contributed by atoms with van der Waals surface area (Å²) in [4.78, 5) is 10.5. The average molecular weight is 294 g/mol. The zero-order valence-corrected chi connectivity index (χ0v) is 13.1. The van der Waals surface area contributed by atoms with E-state index in [-0.39, 0.29) is 5.69 Å². The molecule has 0 fully saturated rings. The Morgan fingerprint density at radius 2 is 1.90 bits per heavy atom. The maximum Gasteiger partial charge on any atom is 0.311 e. The summed E-state index contributed by atoms with van der Waals surface area (Å²) in [7, 11) is 1.44. The summed E-state index contributed by atoms with van der Waals surface area (Å²) in [5.41, 5.74) is 0.935. The number of nitrogens with zero attached hydrogens (tertiary/aromatic N) is 1. The number of nitro groups is 1. The number of rotatable bonds is 11. The molecule has 0 saturated carbocycles. The molecule has 0 spiro atoms. The predicted octanol–water partition coefficient (Wildman–Crippen LogP) is 4.05. The zero-order valence-electron chi connectivity index (χ0n) is 13.1. The molecule has 0 saturated heterocycles. The van der Waals surface area contributed by atoms with Crippen molar-refractivity contribution in [3.8, 4) is 5.75 Å². The SMILES string of the molecule is CCCCCCCCNCc1ccc(OC)c([N+](=O)[O-])c1. The number of ether oxygens (including phenoxy) is 1. The lowest BCUT2D eigenvalue weighted by atomic mass is 10.1. The van der Waals surface area contributed by atoms with Gasteiger partial charge in [-0.2, -0.15) is 0 Å². The molecular formula is C16H26N2O3. The van der Waals surface area contributed by atoms with E-state index in [9.17, 15) is 10.1 Å². The van der Waals surface area contributed by atoms with Crippen LogP contribution in [0, 0.1) is 10.1 Å². The van der Waals surface area contributed by atoms with Crippen molar-refractivity contribution in [1.29, 1.82) is 0 Å². The van der Waals surface area contributed by atoms with Crippen LogP contribution in [0.2, 0.25) is 0 Å². The Hall–Kier alpha value is -1.62. The third kappa shape index (κ3) is 6.58. The molecule has 0 bridgehead atoms. The number of benzene rings is 1. The first-order chi connectivity index (χ1) is 10.2. The van der Waals surface area contributed by atoms with Gasteiger partial charge in [0.25, 0.3) is 0 Å². The lowest BCUT2D eigenvalue weighted by molar-refractivity contribution is -0.385. The van der Waals surface area contributed by atoms with E-state index in [0.717, 1.165) is 18.5 Å². The van der Waals surface area contributed by atoms with Gasteiger partial charge in [0, 0.05) is 12.6 Å². The first kappa shape index (κ1) is 17.4. The highest BCUT2D eigenvalue weighted by Crippen LogP contribution is 2.27. The lowest BCUT2D eigenvalue weighted by Gasteiger charge is -2.07. The molecule has 1 rings (SSSR count). The number of unbranched alkanes of at least 4 members (excludes halogenated alkanes) is 5. The summed E-state index contributed by atoms with van der Waals surface area (Å²) >= 11 is 0. The molecule has 1 aromatic rings. The summed E-state index contributed by atoms with van der Waals surface area (Å²) in [5, 5.41) is 14.3. The number of methoxy groups -OCH3 is 1. The molecule has 0 unspecified atom stereocenters. The quantitative estimate of drug-likeness (QED) is 0.380. The number of hydrogen-bond donors (Lipinski definition) is 1. The molecule has 1 aromatic carbocycles. The first-order valence-corrected chi connectivity index (χ1v) is 7.71. The van der Waals surface area contributed by atoms with Gasteiger partial charge in [-0.3, -0.25) is 10.1 Å². The molecule has 118 valence electrons. The topological polar surface area (TPSA) is 64.4 Å². The summed E-state index contributed by atoms with van der Waals surface area (Å²) < 4.78 is 4.99. The van der Waals surface area contributed by atoms with Crippen molar-refractivity contribution in [1.82, 2.24) is 5.32 Å². The molecule has 0 atom stereocenters. The monoisotopic (exact) mass is 294 g/mol. The molecule has 21 heavy (non-hydrogen) atoms. The Bertz CT molecular complexity index is 436. The van der Waals surface area contributed by atoms with Crippen LogP contribution < -0.4 is 10.1 Å². The van der Waals surface area contributed by atoms with Crippen LogP contribution in [0.5, 0.6) is 5.75 Å². The highest BCUT2D eigenvalue weighted by atomic mass is 16.6. The summed E-state index contributed by atoms with van der Waals surface area (Å²) in [6.45, 7) is 3.82. The van der Waals surface area contributed by atoms with E-state index in [1.54, 1.807) is 12.1 Å². The molecule has 5 nitrogen and oxygen atoms in total. The highest BCUT2D eigenvalue weighted by Gasteiger charge is 2.14. The maximum atomic E-state index is 10.9. The maximum absolute atomic E-state index is 10.9. The van der Waals surface area contributed by atoms with Crippen molar-refractivity contribution < 1.29 is 9.66 Å². The fraction of sp³-hybridized carbons (Fsp3) is 0.625. The van der Waals surface area contributed by atoms with Gasteiger partial charge in [0.15, 0.2) is 5.75 Å². The molecule has 0 radical (unpaired) electrons. The van der Waals surface area contributed by atoms with Crippen LogP contribution in [-0.2, 0) is 6.54 Å². The second-order valence-electron chi connectivity index (χ2n) is 5.21. The summed E-state index contributed by atoms with van der Waals surface area (Å²) in [5.74, 6) is 0.305. The minimum Gasteiger partial charge on any atom is -0.490 e. The normalized spacial score (nSPS) is 10.6. The van der Waals surface area contributed by atoms with Crippen LogP contribution >= 0.6 is 0 Å². The van der Waals surface area contributed by atoms with Gasteiger partial charge in [0.05, 0.1) is 12.0 Å². The number of hydrogen-bond acceptors (Lipinski definition) is 4. The molecule has 0 aliphatic carbocycles. The molecule has 0 aromatic heterocycles. The van der Waals surface area contributed by atoms with Crippen molar-refractivity contribution in [2.45, 2.75) is 52.0 Å². The van der Waals surface area contributed by atoms with Gasteiger partial charge in [-0.25, -0.2) is 0 Å². The number of nitrogens with one attached hydrogen (secondary N) is 1. The number of nitro benzene ring substituents is 1. The zero-order chi connectivity index (χ0) is 15.5. The second kappa shape index (κ2) is 10.2. The van der Waals surface area contributed by atoms with Crippen molar-refractivity contribution in [2.75, 3.05) is 13.7 Å². The fourth-order valence-electron chi connectivity index (χ4n) is 2.25. The Kier molecular flexibility index (Phi) is 8.43. The van der Waals surface area contributed by atoms with E-state index < -0.39 is 4.92 Å². The largest absolute Gasteiger partial charge is 0.490 e. The Labute approximate surface area is 126 Å². The van der Waals surface area contributed by atoms with Crippen LogP contribution in [0.4, 0.5) is 5.69 Å². The van der Waals surface area contributed by atoms with Crippen molar-refractivity contribution in [3.63, 3.8) is 0 Å². The van der Waals surface area contributed by atoms with Crippen molar-refractivity contribution in [2.24, 2.45) is 0 Å². The van der Waals surface area contributed by atoms with E-state index in [4.69, 9.17) is 4.74 Å². The third-order valence-corrected chi connectivity index (χ3v) is 3.48. The van der Waals surface area contributed by atoms with Crippen LogP contribution in [0.1, 0.15) is 51.0 Å². The van der Waals surface area contributed by atoms with E-state index in [2.05, 4.69) is 12.2 Å². The van der Waals surface area contributed by atoms with Gasteiger partial charge in [-0.15, -0.1) is 0 Å². The van der Waals surface area contributed by atoms with Gasteiger partial charge < -0.3 is 10.1 Å². The van der Waals surface area contributed by atoms with Crippen molar-refractivity contribution >= 4 is 5.69 Å². The summed E-state index contributed by atoms with van der Waals surface area (Å²) in [6.07, 6.45) is 7.61. The Morgan fingerprint density at radius 3 is 2.57 bits per heavy atom. The van der Waals surface area contributed by atoms with Gasteiger partial charge >= 0.3 is 5.69 Å². The molecular weight excluding hydrogens is 268 g/mol. The molecule has 0 aliphatic heterocycles. The van der Waals surface area contributed by atoms with Gasteiger partial charge in [-0.05, 0) is 24.6 Å².